The van der Waals surface area contributed by atoms with E-state index in [0.29, 0.717) is 11.1 Å². The summed E-state index contributed by atoms with van der Waals surface area (Å²) in [5, 5.41) is 5.29. The molecule has 0 aliphatic rings. The topological polar surface area (TPSA) is 24.9 Å². The smallest absolute Gasteiger partial charge is 0.0961 e. The molecule has 1 unspecified atom stereocenters. The standard InChI is InChI=1S/C14H23ClN2S/c1-3-4-5-6-12(2)16-9-10-18-14-8-7-13(15)11-17-14/h7-8,11-12,16H,3-6,9-10H2,1-2H3. The number of unbranched alkanes of at least 4 members (excludes halogenated alkanes) is 2. The summed E-state index contributed by atoms with van der Waals surface area (Å²) < 4.78 is 0. The van der Waals surface area contributed by atoms with Gasteiger partial charge in [-0.05, 0) is 25.5 Å². The summed E-state index contributed by atoms with van der Waals surface area (Å²) in [7, 11) is 0. The van der Waals surface area contributed by atoms with Crippen molar-refractivity contribution in [2.24, 2.45) is 0 Å². The molecule has 0 spiro atoms. The summed E-state index contributed by atoms with van der Waals surface area (Å²) in [5.74, 6) is 1.05. The molecule has 0 aromatic carbocycles. The predicted molar refractivity (Wildman–Crippen MR) is 81.6 cm³/mol. The summed E-state index contributed by atoms with van der Waals surface area (Å²) in [6.07, 6.45) is 6.94. The van der Waals surface area contributed by atoms with E-state index in [9.17, 15) is 0 Å². The molecule has 102 valence electrons. The van der Waals surface area contributed by atoms with Crippen molar-refractivity contribution in [1.29, 1.82) is 0 Å². The summed E-state index contributed by atoms with van der Waals surface area (Å²) in [6, 6.07) is 4.48. The third-order valence-corrected chi connectivity index (χ3v) is 3.95. The van der Waals surface area contributed by atoms with Crippen molar-refractivity contribution in [3.8, 4) is 0 Å². The highest BCUT2D eigenvalue weighted by Crippen LogP contribution is 2.16. The van der Waals surface area contributed by atoms with Gasteiger partial charge in [-0.3, -0.25) is 0 Å². The minimum Gasteiger partial charge on any atom is -0.313 e. The molecule has 0 aliphatic heterocycles. The van der Waals surface area contributed by atoms with Gasteiger partial charge in [0.05, 0.1) is 10.0 Å². The van der Waals surface area contributed by atoms with Crippen LogP contribution in [-0.2, 0) is 0 Å². The molecule has 0 saturated carbocycles. The molecular weight excluding hydrogens is 264 g/mol. The summed E-state index contributed by atoms with van der Waals surface area (Å²) in [5.41, 5.74) is 0. The molecule has 18 heavy (non-hydrogen) atoms. The number of nitrogens with one attached hydrogen (secondary N) is 1. The van der Waals surface area contributed by atoms with Gasteiger partial charge in [0.25, 0.3) is 0 Å². The van der Waals surface area contributed by atoms with Crippen molar-refractivity contribution in [1.82, 2.24) is 10.3 Å². The van der Waals surface area contributed by atoms with Gasteiger partial charge < -0.3 is 5.32 Å². The average Bonchev–Trinajstić information content (AvgIpc) is 2.37. The SMILES string of the molecule is CCCCCC(C)NCCSc1ccc(Cl)cn1. The van der Waals surface area contributed by atoms with E-state index in [-0.39, 0.29) is 0 Å². The number of hydrogen-bond donors (Lipinski definition) is 1. The van der Waals surface area contributed by atoms with Crippen molar-refractivity contribution in [3.05, 3.63) is 23.4 Å². The highest BCUT2D eigenvalue weighted by molar-refractivity contribution is 7.99. The van der Waals surface area contributed by atoms with E-state index in [4.69, 9.17) is 11.6 Å². The van der Waals surface area contributed by atoms with Crippen molar-refractivity contribution in [2.75, 3.05) is 12.3 Å². The molecule has 1 heterocycles. The fraction of sp³-hybridized carbons (Fsp3) is 0.643. The molecule has 1 aromatic heterocycles. The Morgan fingerprint density at radius 1 is 1.39 bits per heavy atom. The van der Waals surface area contributed by atoms with Crippen LogP contribution in [0.3, 0.4) is 0 Å². The van der Waals surface area contributed by atoms with Crippen molar-refractivity contribution in [2.45, 2.75) is 50.6 Å². The lowest BCUT2D eigenvalue weighted by molar-refractivity contribution is 0.502. The molecule has 0 fully saturated rings. The normalized spacial score (nSPS) is 12.6. The quantitative estimate of drug-likeness (QED) is 0.538. The Bertz CT molecular complexity index is 316. The molecule has 0 aliphatic carbocycles. The van der Waals surface area contributed by atoms with Crippen LogP contribution < -0.4 is 5.32 Å². The number of pyridine rings is 1. The first kappa shape index (κ1) is 15.8. The van der Waals surface area contributed by atoms with Crippen LogP contribution in [0.15, 0.2) is 23.4 Å². The molecular formula is C14H23ClN2S. The Kier molecular flexibility index (Phi) is 8.47. The first-order valence-corrected chi connectivity index (χ1v) is 8.06. The molecule has 4 heteroatoms. The van der Waals surface area contributed by atoms with Crippen LogP contribution in [0.1, 0.15) is 39.5 Å². The molecule has 0 amide bonds. The van der Waals surface area contributed by atoms with Gasteiger partial charge in [-0.25, -0.2) is 4.98 Å². The van der Waals surface area contributed by atoms with E-state index < -0.39 is 0 Å². The van der Waals surface area contributed by atoms with Crippen LogP contribution in [0, 0.1) is 0 Å². The Morgan fingerprint density at radius 3 is 2.89 bits per heavy atom. The maximum Gasteiger partial charge on any atom is 0.0961 e. The zero-order valence-corrected chi connectivity index (χ0v) is 12.9. The fourth-order valence-corrected chi connectivity index (χ4v) is 2.54. The molecule has 2 nitrogen and oxygen atoms in total. The van der Waals surface area contributed by atoms with Gasteiger partial charge in [-0.2, -0.15) is 0 Å². The van der Waals surface area contributed by atoms with Crippen LogP contribution in [-0.4, -0.2) is 23.3 Å². The van der Waals surface area contributed by atoms with E-state index in [1.807, 2.05) is 12.1 Å². The maximum absolute atomic E-state index is 5.79. The van der Waals surface area contributed by atoms with E-state index in [1.54, 1.807) is 18.0 Å². The van der Waals surface area contributed by atoms with Crippen molar-refractivity contribution in [3.63, 3.8) is 0 Å². The average molecular weight is 287 g/mol. The Morgan fingerprint density at radius 2 is 2.22 bits per heavy atom. The number of halogens is 1. The lowest BCUT2D eigenvalue weighted by Gasteiger charge is -2.12. The Balaban J connectivity index is 2.05. The van der Waals surface area contributed by atoms with Crippen molar-refractivity contribution < 1.29 is 0 Å². The molecule has 1 rings (SSSR count). The van der Waals surface area contributed by atoms with E-state index in [1.165, 1.54) is 25.7 Å². The first-order valence-electron chi connectivity index (χ1n) is 6.70. The fourth-order valence-electron chi connectivity index (χ4n) is 1.71. The summed E-state index contributed by atoms with van der Waals surface area (Å²) in [4.78, 5) is 4.26. The van der Waals surface area contributed by atoms with Gasteiger partial charge >= 0.3 is 0 Å². The third-order valence-electron chi connectivity index (χ3n) is 2.79. The highest BCUT2D eigenvalue weighted by Gasteiger charge is 2.01. The third kappa shape index (κ3) is 7.24. The number of hydrogen-bond acceptors (Lipinski definition) is 3. The molecule has 0 bridgehead atoms. The predicted octanol–water partition coefficient (Wildman–Crippen LogP) is 4.39. The molecule has 1 aromatic rings. The van der Waals surface area contributed by atoms with E-state index >= 15 is 0 Å². The van der Waals surface area contributed by atoms with Gasteiger partial charge in [0.2, 0.25) is 0 Å². The lowest BCUT2D eigenvalue weighted by Crippen LogP contribution is -2.28. The highest BCUT2D eigenvalue weighted by atomic mass is 35.5. The second kappa shape index (κ2) is 9.65. The summed E-state index contributed by atoms with van der Waals surface area (Å²) in [6.45, 7) is 5.54. The van der Waals surface area contributed by atoms with Crippen LogP contribution in [0.25, 0.3) is 0 Å². The lowest BCUT2D eigenvalue weighted by atomic mass is 10.1. The van der Waals surface area contributed by atoms with E-state index in [2.05, 4.69) is 24.1 Å². The Hall–Kier alpha value is -0.250. The van der Waals surface area contributed by atoms with Gasteiger partial charge in [-0.15, -0.1) is 11.8 Å². The first-order chi connectivity index (χ1) is 8.72. The van der Waals surface area contributed by atoms with Gasteiger partial charge in [0.15, 0.2) is 0 Å². The molecule has 0 saturated heterocycles. The molecule has 1 N–H and O–H groups in total. The molecule has 1 atom stereocenters. The van der Waals surface area contributed by atoms with Gasteiger partial charge in [0, 0.05) is 24.5 Å². The maximum atomic E-state index is 5.79. The summed E-state index contributed by atoms with van der Waals surface area (Å²) >= 11 is 7.56. The van der Waals surface area contributed by atoms with Crippen molar-refractivity contribution >= 4 is 23.4 Å². The Labute approximate surface area is 120 Å². The van der Waals surface area contributed by atoms with E-state index in [0.717, 1.165) is 17.3 Å². The number of nitrogens with zero attached hydrogens (tertiary/aromatic N) is 1. The second-order valence-corrected chi connectivity index (χ2v) is 6.07. The molecule has 0 radical (unpaired) electrons. The van der Waals surface area contributed by atoms with Gasteiger partial charge in [-0.1, -0.05) is 37.8 Å². The van der Waals surface area contributed by atoms with Crippen LogP contribution >= 0.6 is 23.4 Å². The minimum atomic E-state index is 0.621. The largest absolute Gasteiger partial charge is 0.313 e. The second-order valence-electron chi connectivity index (χ2n) is 4.51. The monoisotopic (exact) mass is 286 g/mol. The zero-order valence-electron chi connectivity index (χ0n) is 11.3. The van der Waals surface area contributed by atoms with Crippen LogP contribution in [0.4, 0.5) is 0 Å². The van der Waals surface area contributed by atoms with Crippen LogP contribution in [0.2, 0.25) is 5.02 Å². The number of aromatic nitrogens is 1. The minimum absolute atomic E-state index is 0.621. The van der Waals surface area contributed by atoms with Crippen LogP contribution in [0.5, 0.6) is 0 Å². The number of thioether (sulfide) groups is 1. The zero-order chi connectivity index (χ0) is 13.2. The number of rotatable bonds is 9. The van der Waals surface area contributed by atoms with Gasteiger partial charge in [0.1, 0.15) is 0 Å².